The lowest BCUT2D eigenvalue weighted by molar-refractivity contribution is -0.123. The van der Waals surface area contributed by atoms with E-state index in [1.54, 1.807) is 6.33 Å². The molecule has 3 heterocycles. The van der Waals surface area contributed by atoms with Crippen molar-refractivity contribution in [1.82, 2.24) is 20.6 Å². The van der Waals surface area contributed by atoms with E-state index in [9.17, 15) is 4.79 Å². The first-order chi connectivity index (χ1) is 11.3. The largest absolute Gasteiger partial charge is 0.493 e. The SMILES string of the molecule is Cl.Cl.O=C(NCc1ccc2c(c1)CCCO2)C1NCCc2[nH]cnc21. The minimum absolute atomic E-state index is 0. The van der Waals surface area contributed by atoms with Crippen LogP contribution in [0.1, 0.15) is 35.0 Å². The van der Waals surface area contributed by atoms with Gasteiger partial charge < -0.3 is 20.4 Å². The number of aromatic amines is 1. The van der Waals surface area contributed by atoms with E-state index in [1.807, 2.05) is 12.1 Å². The van der Waals surface area contributed by atoms with Crippen LogP contribution in [0, 0.1) is 0 Å². The molecule has 1 atom stereocenters. The fraction of sp³-hybridized carbons (Fsp3) is 0.412. The third-order valence-corrected chi connectivity index (χ3v) is 4.45. The van der Waals surface area contributed by atoms with Gasteiger partial charge in [0.25, 0.3) is 0 Å². The number of aromatic nitrogens is 2. The molecule has 4 rings (SSSR count). The van der Waals surface area contributed by atoms with Crippen molar-refractivity contribution in [3.8, 4) is 5.75 Å². The lowest BCUT2D eigenvalue weighted by Crippen LogP contribution is -2.41. The number of hydrogen-bond donors (Lipinski definition) is 3. The van der Waals surface area contributed by atoms with Gasteiger partial charge in [0.2, 0.25) is 5.91 Å². The predicted octanol–water partition coefficient (Wildman–Crippen LogP) is 2.08. The van der Waals surface area contributed by atoms with Crippen molar-refractivity contribution >= 4 is 30.7 Å². The second-order valence-corrected chi connectivity index (χ2v) is 6.02. The van der Waals surface area contributed by atoms with Crippen LogP contribution in [0.25, 0.3) is 0 Å². The van der Waals surface area contributed by atoms with Crippen LogP contribution < -0.4 is 15.4 Å². The number of H-pyrrole nitrogens is 1. The van der Waals surface area contributed by atoms with Gasteiger partial charge >= 0.3 is 0 Å². The molecule has 3 N–H and O–H groups in total. The molecule has 0 spiro atoms. The maximum Gasteiger partial charge on any atom is 0.243 e. The Hall–Kier alpha value is -1.76. The van der Waals surface area contributed by atoms with Crippen molar-refractivity contribution in [3.05, 3.63) is 47.0 Å². The normalized spacial score (nSPS) is 17.8. The van der Waals surface area contributed by atoms with Gasteiger partial charge in [-0.15, -0.1) is 24.8 Å². The van der Waals surface area contributed by atoms with E-state index in [4.69, 9.17) is 4.74 Å². The van der Waals surface area contributed by atoms with Gasteiger partial charge in [0.05, 0.1) is 18.6 Å². The Balaban J connectivity index is 0.00000113. The van der Waals surface area contributed by atoms with Gasteiger partial charge in [0.1, 0.15) is 11.8 Å². The lowest BCUT2D eigenvalue weighted by Gasteiger charge is -2.22. The Morgan fingerprint density at radius 1 is 1.32 bits per heavy atom. The van der Waals surface area contributed by atoms with Crippen LogP contribution in [0.2, 0.25) is 0 Å². The number of benzene rings is 1. The molecule has 1 amide bonds. The number of carbonyl (C=O) groups excluding carboxylic acids is 1. The summed E-state index contributed by atoms with van der Waals surface area (Å²) in [5.74, 6) is 0.938. The zero-order valence-electron chi connectivity index (χ0n) is 13.7. The van der Waals surface area contributed by atoms with E-state index < -0.39 is 0 Å². The number of fused-ring (bicyclic) bond motifs is 2. The van der Waals surface area contributed by atoms with Gasteiger partial charge in [-0.2, -0.15) is 0 Å². The topological polar surface area (TPSA) is 79.0 Å². The number of nitrogens with one attached hydrogen (secondary N) is 3. The number of amides is 1. The minimum atomic E-state index is -0.369. The van der Waals surface area contributed by atoms with Crippen molar-refractivity contribution < 1.29 is 9.53 Å². The molecule has 0 saturated carbocycles. The molecule has 25 heavy (non-hydrogen) atoms. The number of carbonyl (C=O) groups is 1. The first kappa shape index (κ1) is 19.6. The summed E-state index contributed by atoms with van der Waals surface area (Å²) in [5, 5.41) is 6.24. The number of hydrogen-bond acceptors (Lipinski definition) is 4. The number of ether oxygens (including phenoxy) is 1. The first-order valence-corrected chi connectivity index (χ1v) is 8.09. The van der Waals surface area contributed by atoms with E-state index in [0.29, 0.717) is 6.54 Å². The number of nitrogens with zero attached hydrogens (tertiary/aromatic N) is 1. The van der Waals surface area contributed by atoms with Crippen LogP contribution in [0.15, 0.2) is 24.5 Å². The summed E-state index contributed by atoms with van der Waals surface area (Å²) < 4.78 is 5.62. The number of imidazole rings is 1. The van der Waals surface area contributed by atoms with E-state index >= 15 is 0 Å². The fourth-order valence-electron chi connectivity index (χ4n) is 3.25. The molecule has 2 aliphatic rings. The first-order valence-electron chi connectivity index (χ1n) is 8.09. The Bertz CT molecular complexity index is 735. The Morgan fingerprint density at radius 3 is 3.08 bits per heavy atom. The third-order valence-electron chi connectivity index (χ3n) is 4.45. The third kappa shape index (κ3) is 4.08. The molecule has 136 valence electrons. The van der Waals surface area contributed by atoms with Crippen molar-refractivity contribution in [1.29, 1.82) is 0 Å². The number of rotatable bonds is 3. The zero-order chi connectivity index (χ0) is 15.6. The average molecular weight is 385 g/mol. The molecule has 0 saturated heterocycles. The van der Waals surface area contributed by atoms with E-state index in [1.165, 1.54) is 5.56 Å². The highest BCUT2D eigenvalue weighted by Gasteiger charge is 2.28. The molecule has 1 aromatic carbocycles. The lowest BCUT2D eigenvalue weighted by atomic mass is 10.0. The number of halogens is 2. The fourth-order valence-corrected chi connectivity index (χ4v) is 3.25. The molecule has 0 fully saturated rings. The quantitative estimate of drug-likeness (QED) is 0.756. The van der Waals surface area contributed by atoms with Crippen LogP contribution >= 0.6 is 24.8 Å². The summed E-state index contributed by atoms with van der Waals surface area (Å²) in [6.45, 7) is 2.09. The second kappa shape index (κ2) is 8.56. The Labute approximate surface area is 159 Å². The van der Waals surface area contributed by atoms with Crippen molar-refractivity contribution in [3.63, 3.8) is 0 Å². The Morgan fingerprint density at radius 2 is 2.20 bits per heavy atom. The highest BCUT2D eigenvalue weighted by atomic mass is 35.5. The maximum absolute atomic E-state index is 12.5. The zero-order valence-corrected chi connectivity index (χ0v) is 15.3. The molecular formula is C17H22Cl2N4O2. The van der Waals surface area contributed by atoms with Gasteiger partial charge in [-0.05, 0) is 30.0 Å². The second-order valence-electron chi connectivity index (χ2n) is 6.02. The molecule has 1 aromatic heterocycles. The van der Waals surface area contributed by atoms with E-state index in [-0.39, 0.29) is 36.8 Å². The maximum atomic E-state index is 12.5. The van der Waals surface area contributed by atoms with E-state index in [2.05, 4.69) is 26.7 Å². The summed E-state index contributed by atoms with van der Waals surface area (Å²) in [7, 11) is 0. The molecular weight excluding hydrogens is 363 g/mol. The summed E-state index contributed by atoms with van der Waals surface area (Å²) in [5.41, 5.74) is 4.19. The van der Waals surface area contributed by atoms with Crippen LogP contribution in [-0.2, 0) is 24.2 Å². The summed E-state index contributed by atoms with van der Waals surface area (Å²) in [6.07, 6.45) is 4.63. The molecule has 0 bridgehead atoms. The molecule has 0 aliphatic carbocycles. The smallest absolute Gasteiger partial charge is 0.243 e. The summed E-state index contributed by atoms with van der Waals surface area (Å²) in [4.78, 5) is 19.9. The molecule has 2 aromatic rings. The van der Waals surface area contributed by atoms with Gasteiger partial charge in [-0.1, -0.05) is 12.1 Å². The molecule has 2 aliphatic heterocycles. The molecule has 8 heteroatoms. The van der Waals surface area contributed by atoms with Crippen molar-refractivity contribution in [2.75, 3.05) is 13.2 Å². The Kier molecular flexibility index (Phi) is 6.70. The highest BCUT2D eigenvalue weighted by Crippen LogP contribution is 2.25. The average Bonchev–Trinajstić information content (AvgIpc) is 3.08. The molecule has 6 nitrogen and oxygen atoms in total. The van der Waals surface area contributed by atoms with Gasteiger partial charge in [0, 0.05) is 25.2 Å². The number of aryl methyl sites for hydroxylation is 1. The molecule has 0 radical (unpaired) electrons. The van der Waals surface area contributed by atoms with Crippen LogP contribution in [0.5, 0.6) is 5.75 Å². The summed E-state index contributed by atoms with van der Waals surface area (Å²) >= 11 is 0. The molecule has 1 unspecified atom stereocenters. The van der Waals surface area contributed by atoms with Gasteiger partial charge in [0.15, 0.2) is 0 Å². The van der Waals surface area contributed by atoms with Crippen LogP contribution in [0.3, 0.4) is 0 Å². The van der Waals surface area contributed by atoms with Crippen molar-refractivity contribution in [2.24, 2.45) is 0 Å². The monoisotopic (exact) mass is 384 g/mol. The van der Waals surface area contributed by atoms with Crippen molar-refractivity contribution in [2.45, 2.75) is 31.8 Å². The van der Waals surface area contributed by atoms with Crippen LogP contribution in [-0.4, -0.2) is 29.0 Å². The predicted molar refractivity (Wildman–Crippen MR) is 99.6 cm³/mol. The standard InChI is InChI=1S/C17H20N4O2.2ClH/c22-17(16-15-13(5-6-18-16)20-10-21-15)19-9-11-3-4-14-12(8-11)2-1-7-23-14;;/h3-4,8,10,16,18H,1-2,5-7,9H2,(H,19,22)(H,20,21);2*1H. The van der Waals surface area contributed by atoms with E-state index in [0.717, 1.165) is 55.1 Å². The van der Waals surface area contributed by atoms with Crippen LogP contribution in [0.4, 0.5) is 0 Å². The highest BCUT2D eigenvalue weighted by molar-refractivity contribution is 5.85. The van der Waals surface area contributed by atoms with Gasteiger partial charge in [-0.25, -0.2) is 4.98 Å². The van der Waals surface area contributed by atoms with Gasteiger partial charge in [-0.3, -0.25) is 4.79 Å². The summed E-state index contributed by atoms with van der Waals surface area (Å²) in [6, 6.07) is 5.77. The minimum Gasteiger partial charge on any atom is -0.493 e.